The summed E-state index contributed by atoms with van der Waals surface area (Å²) >= 11 is 0. The van der Waals surface area contributed by atoms with Crippen LogP contribution in [-0.4, -0.2) is 29.9 Å². The second-order valence-electron chi connectivity index (χ2n) is 7.24. The fourth-order valence-corrected chi connectivity index (χ4v) is 3.84. The van der Waals surface area contributed by atoms with Gasteiger partial charge in [0.1, 0.15) is 17.3 Å². The van der Waals surface area contributed by atoms with Gasteiger partial charge in [-0.3, -0.25) is 4.79 Å². The Morgan fingerprint density at radius 1 is 1.03 bits per heavy atom. The summed E-state index contributed by atoms with van der Waals surface area (Å²) in [6.45, 7) is 0. The van der Waals surface area contributed by atoms with Gasteiger partial charge in [0, 0.05) is 17.3 Å². The second kappa shape index (κ2) is 8.57. The molecule has 0 saturated heterocycles. The smallest absolute Gasteiger partial charge is 0.276 e. The summed E-state index contributed by atoms with van der Waals surface area (Å²) in [7, 11) is 3.12. The molecule has 0 radical (unpaired) electrons. The van der Waals surface area contributed by atoms with Crippen molar-refractivity contribution in [2.75, 3.05) is 19.5 Å². The summed E-state index contributed by atoms with van der Waals surface area (Å²) in [5.41, 5.74) is 3.67. The molecule has 1 aromatic heterocycles. The number of fused-ring (bicyclic) bond motifs is 1. The minimum atomic E-state index is -0.304. The summed E-state index contributed by atoms with van der Waals surface area (Å²) < 4.78 is 25.8. The van der Waals surface area contributed by atoms with E-state index in [9.17, 15) is 9.18 Å². The molecule has 156 valence electrons. The number of halogens is 1. The Morgan fingerprint density at radius 2 is 1.80 bits per heavy atom. The molecular formula is C23H24FN3O3. The molecule has 0 spiro atoms. The number of anilines is 1. The molecule has 1 aliphatic rings. The first-order valence-electron chi connectivity index (χ1n) is 10.0. The lowest BCUT2D eigenvalue weighted by Gasteiger charge is -2.11. The molecule has 0 atom stereocenters. The molecule has 1 N–H and O–H groups in total. The van der Waals surface area contributed by atoms with Crippen molar-refractivity contribution in [3.05, 3.63) is 65.2 Å². The van der Waals surface area contributed by atoms with Crippen molar-refractivity contribution in [1.82, 2.24) is 9.78 Å². The molecule has 7 heteroatoms. The van der Waals surface area contributed by atoms with Crippen molar-refractivity contribution < 1.29 is 18.7 Å². The van der Waals surface area contributed by atoms with Gasteiger partial charge in [-0.2, -0.15) is 5.10 Å². The van der Waals surface area contributed by atoms with Gasteiger partial charge in [-0.15, -0.1) is 0 Å². The monoisotopic (exact) mass is 409 g/mol. The normalized spacial score (nSPS) is 13.3. The SMILES string of the molecule is COc1ccc(NC(=O)c2nn(-c3ccc(F)cc3)c3c2CCCCC3)c(OC)c1. The maximum atomic E-state index is 13.4. The molecule has 4 rings (SSSR count). The third-order valence-corrected chi connectivity index (χ3v) is 5.37. The van der Waals surface area contributed by atoms with E-state index in [1.165, 1.54) is 12.1 Å². The zero-order valence-electron chi connectivity index (χ0n) is 17.1. The number of aromatic nitrogens is 2. The van der Waals surface area contributed by atoms with E-state index >= 15 is 0 Å². The molecule has 1 aliphatic carbocycles. The highest BCUT2D eigenvalue weighted by Crippen LogP contribution is 2.31. The fourth-order valence-electron chi connectivity index (χ4n) is 3.84. The van der Waals surface area contributed by atoms with Crippen LogP contribution in [0.3, 0.4) is 0 Å². The highest BCUT2D eigenvalue weighted by atomic mass is 19.1. The highest BCUT2D eigenvalue weighted by Gasteiger charge is 2.25. The van der Waals surface area contributed by atoms with Crippen LogP contribution in [0.5, 0.6) is 11.5 Å². The quantitative estimate of drug-likeness (QED) is 0.628. The molecule has 1 heterocycles. The second-order valence-corrected chi connectivity index (χ2v) is 7.24. The molecule has 0 fully saturated rings. The number of hydrogen-bond donors (Lipinski definition) is 1. The molecule has 30 heavy (non-hydrogen) atoms. The van der Waals surface area contributed by atoms with Gasteiger partial charge in [0.15, 0.2) is 5.69 Å². The summed E-state index contributed by atoms with van der Waals surface area (Å²) in [4.78, 5) is 13.2. The zero-order valence-corrected chi connectivity index (χ0v) is 17.1. The number of amides is 1. The Bertz CT molecular complexity index is 1060. The Balaban J connectivity index is 1.72. The first-order valence-corrected chi connectivity index (χ1v) is 10.0. The standard InChI is InChI=1S/C23H24FN3O3/c1-29-17-12-13-19(21(14-17)30-2)25-23(28)22-18-6-4-3-5-7-20(18)27(26-22)16-10-8-15(24)9-11-16/h8-14H,3-7H2,1-2H3,(H,25,28). The highest BCUT2D eigenvalue weighted by molar-refractivity contribution is 6.05. The minimum absolute atomic E-state index is 0.294. The molecule has 3 aromatic rings. The minimum Gasteiger partial charge on any atom is -0.497 e. The van der Waals surface area contributed by atoms with E-state index in [1.807, 2.05) is 0 Å². The maximum Gasteiger partial charge on any atom is 0.276 e. The van der Waals surface area contributed by atoms with Crippen molar-refractivity contribution in [1.29, 1.82) is 0 Å². The van der Waals surface area contributed by atoms with Crippen molar-refractivity contribution in [3.63, 3.8) is 0 Å². The van der Waals surface area contributed by atoms with E-state index in [0.717, 1.165) is 49.0 Å². The van der Waals surface area contributed by atoms with Crippen LogP contribution in [0.2, 0.25) is 0 Å². The fraction of sp³-hybridized carbons (Fsp3) is 0.304. The van der Waals surface area contributed by atoms with Crippen molar-refractivity contribution in [3.8, 4) is 17.2 Å². The summed E-state index contributed by atoms with van der Waals surface area (Å²) in [5.74, 6) is 0.546. The van der Waals surface area contributed by atoms with Gasteiger partial charge in [0.2, 0.25) is 0 Å². The Morgan fingerprint density at radius 3 is 2.53 bits per heavy atom. The van der Waals surface area contributed by atoms with Gasteiger partial charge in [0.05, 0.1) is 25.6 Å². The van der Waals surface area contributed by atoms with Gasteiger partial charge < -0.3 is 14.8 Å². The molecule has 2 aromatic carbocycles. The number of methoxy groups -OCH3 is 2. The molecule has 0 saturated carbocycles. The molecule has 6 nitrogen and oxygen atoms in total. The maximum absolute atomic E-state index is 13.4. The van der Waals surface area contributed by atoms with Gasteiger partial charge in [-0.25, -0.2) is 9.07 Å². The first kappa shape index (κ1) is 19.9. The number of carbonyl (C=O) groups excluding carboxylic acids is 1. The summed E-state index contributed by atoms with van der Waals surface area (Å²) in [5, 5.41) is 7.55. The Labute approximate surface area is 174 Å². The van der Waals surface area contributed by atoms with E-state index in [1.54, 1.807) is 49.2 Å². The number of benzene rings is 2. The molecule has 1 amide bonds. The van der Waals surface area contributed by atoms with E-state index in [2.05, 4.69) is 10.4 Å². The van der Waals surface area contributed by atoms with Gasteiger partial charge in [-0.1, -0.05) is 6.42 Å². The van der Waals surface area contributed by atoms with Crippen LogP contribution in [0.4, 0.5) is 10.1 Å². The summed E-state index contributed by atoms with van der Waals surface area (Å²) in [6.07, 6.45) is 4.77. The van der Waals surface area contributed by atoms with Crippen molar-refractivity contribution >= 4 is 11.6 Å². The Kier molecular flexibility index (Phi) is 5.70. The lowest BCUT2D eigenvalue weighted by molar-refractivity contribution is 0.102. The lowest BCUT2D eigenvalue weighted by atomic mass is 10.1. The number of rotatable bonds is 5. The predicted octanol–water partition coefficient (Wildman–Crippen LogP) is 4.55. The molecular weight excluding hydrogens is 385 g/mol. The van der Waals surface area contributed by atoms with Gasteiger partial charge in [0.25, 0.3) is 5.91 Å². The third kappa shape index (κ3) is 3.87. The molecule has 0 unspecified atom stereocenters. The Hall–Kier alpha value is -3.35. The topological polar surface area (TPSA) is 65.4 Å². The summed E-state index contributed by atoms with van der Waals surface area (Å²) in [6, 6.07) is 11.4. The largest absolute Gasteiger partial charge is 0.497 e. The van der Waals surface area contributed by atoms with Crippen LogP contribution in [0.15, 0.2) is 42.5 Å². The van der Waals surface area contributed by atoms with Crippen LogP contribution in [0, 0.1) is 5.82 Å². The van der Waals surface area contributed by atoms with E-state index in [-0.39, 0.29) is 11.7 Å². The number of carbonyl (C=O) groups is 1. The lowest BCUT2D eigenvalue weighted by Crippen LogP contribution is -2.15. The average molecular weight is 409 g/mol. The van der Waals surface area contributed by atoms with Crippen LogP contribution in [0.1, 0.15) is 41.0 Å². The van der Waals surface area contributed by atoms with Crippen molar-refractivity contribution in [2.45, 2.75) is 32.1 Å². The number of ether oxygens (including phenoxy) is 2. The average Bonchev–Trinajstić information content (AvgIpc) is 2.95. The number of hydrogen-bond acceptors (Lipinski definition) is 4. The van der Waals surface area contributed by atoms with Crippen LogP contribution < -0.4 is 14.8 Å². The zero-order chi connectivity index (χ0) is 21.1. The van der Waals surface area contributed by atoms with E-state index in [0.29, 0.717) is 22.9 Å². The molecule has 0 aliphatic heterocycles. The molecule has 0 bridgehead atoms. The number of nitrogens with zero attached hydrogens (tertiary/aromatic N) is 2. The first-order chi connectivity index (χ1) is 14.6. The predicted molar refractivity (Wildman–Crippen MR) is 112 cm³/mol. The number of nitrogens with one attached hydrogen (secondary N) is 1. The van der Waals surface area contributed by atoms with Gasteiger partial charge >= 0.3 is 0 Å². The van der Waals surface area contributed by atoms with Crippen LogP contribution in [-0.2, 0) is 12.8 Å². The van der Waals surface area contributed by atoms with E-state index < -0.39 is 0 Å². The van der Waals surface area contributed by atoms with Crippen molar-refractivity contribution in [2.24, 2.45) is 0 Å². The van der Waals surface area contributed by atoms with Crippen LogP contribution in [0.25, 0.3) is 5.69 Å². The van der Waals surface area contributed by atoms with Gasteiger partial charge in [-0.05, 0) is 62.1 Å². The third-order valence-electron chi connectivity index (χ3n) is 5.37. The van der Waals surface area contributed by atoms with Crippen LogP contribution >= 0.6 is 0 Å². The van der Waals surface area contributed by atoms with E-state index in [4.69, 9.17) is 9.47 Å².